The molecule has 1 fully saturated rings. The molecule has 1 heterocycles. The molecule has 0 saturated heterocycles. The van der Waals surface area contributed by atoms with Crippen molar-refractivity contribution < 1.29 is 0 Å². The molecule has 0 spiro atoms. The summed E-state index contributed by atoms with van der Waals surface area (Å²) in [4.78, 5) is 12.2. The Morgan fingerprint density at radius 1 is 1.13 bits per heavy atom. The standard InChI is InChI=1S/C10H17N5/c1-7-12-9(11)15-10(13-7)14-8-5-3-2-4-6-8/h8H,2-6H2,1H3,(H3,11,12,13,14,15). The average Bonchev–Trinajstić information content (AvgIpc) is 2.17. The summed E-state index contributed by atoms with van der Waals surface area (Å²) in [6, 6.07) is 0.500. The number of hydrogen-bond acceptors (Lipinski definition) is 5. The zero-order valence-electron chi connectivity index (χ0n) is 9.03. The largest absolute Gasteiger partial charge is 0.368 e. The minimum Gasteiger partial charge on any atom is -0.368 e. The van der Waals surface area contributed by atoms with Crippen LogP contribution in [-0.4, -0.2) is 21.0 Å². The molecule has 82 valence electrons. The number of aryl methyl sites for hydroxylation is 1. The van der Waals surface area contributed by atoms with E-state index < -0.39 is 0 Å². The van der Waals surface area contributed by atoms with Crippen LogP contribution < -0.4 is 11.1 Å². The minimum absolute atomic E-state index is 0.292. The summed E-state index contributed by atoms with van der Waals surface area (Å²) in [6.45, 7) is 1.82. The van der Waals surface area contributed by atoms with Crippen molar-refractivity contribution in [1.82, 2.24) is 15.0 Å². The lowest BCUT2D eigenvalue weighted by atomic mass is 9.96. The van der Waals surface area contributed by atoms with E-state index in [4.69, 9.17) is 5.73 Å². The second-order valence-corrected chi connectivity index (χ2v) is 4.04. The van der Waals surface area contributed by atoms with Crippen LogP contribution in [0.1, 0.15) is 37.9 Å². The van der Waals surface area contributed by atoms with Gasteiger partial charge in [-0.25, -0.2) is 0 Å². The maximum absolute atomic E-state index is 5.56. The zero-order valence-corrected chi connectivity index (χ0v) is 9.03. The molecule has 0 aliphatic heterocycles. The molecule has 2 rings (SSSR count). The number of rotatable bonds is 2. The van der Waals surface area contributed by atoms with Crippen LogP contribution in [0.5, 0.6) is 0 Å². The summed E-state index contributed by atoms with van der Waals surface area (Å²) < 4.78 is 0. The molecular formula is C10H17N5. The maximum atomic E-state index is 5.56. The van der Waals surface area contributed by atoms with E-state index in [2.05, 4.69) is 20.3 Å². The van der Waals surface area contributed by atoms with E-state index in [1.54, 1.807) is 0 Å². The van der Waals surface area contributed by atoms with Gasteiger partial charge in [0.1, 0.15) is 5.82 Å². The van der Waals surface area contributed by atoms with Crippen LogP contribution in [0, 0.1) is 6.92 Å². The van der Waals surface area contributed by atoms with Crippen molar-refractivity contribution in [2.75, 3.05) is 11.1 Å². The van der Waals surface area contributed by atoms with Crippen molar-refractivity contribution in [2.45, 2.75) is 45.1 Å². The van der Waals surface area contributed by atoms with Gasteiger partial charge in [0.05, 0.1) is 0 Å². The summed E-state index contributed by atoms with van der Waals surface area (Å²) >= 11 is 0. The molecule has 0 aromatic carbocycles. The highest BCUT2D eigenvalue weighted by Crippen LogP contribution is 2.20. The molecule has 1 aromatic heterocycles. The lowest BCUT2D eigenvalue weighted by molar-refractivity contribution is 0.460. The Balaban J connectivity index is 2.02. The molecule has 0 unspecified atom stereocenters. The van der Waals surface area contributed by atoms with Gasteiger partial charge in [-0.1, -0.05) is 19.3 Å². The molecule has 1 aliphatic carbocycles. The van der Waals surface area contributed by atoms with E-state index in [1.807, 2.05) is 6.92 Å². The Labute approximate surface area is 89.5 Å². The first kappa shape index (κ1) is 10.1. The molecule has 15 heavy (non-hydrogen) atoms. The number of hydrogen-bond donors (Lipinski definition) is 2. The highest BCUT2D eigenvalue weighted by atomic mass is 15.2. The lowest BCUT2D eigenvalue weighted by Crippen LogP contribution is -2.24. The average molecular weight is 207 g/mol. The van der Waals surface area contributed by atoms with E-state index in [0.717, 1.165) is 0 Å². The molecule has 0 bridgehead atoms. The molecular weight excluding hydrogens is 190 g/mol. The van der Waals surface area contributed by atoms with Crippen LogP contribution in [0.2, 0.25) is 0 Å². The van der Waals surface area contributed by atoms with Crippen LogP contribution in [0.4, 0.5) is 11.9 Å². The lowest BCUT2D eigenvalue weighted by Gasteiger charge is -2.22. The Kier molecular flexibility index (Phi) is 2.99. The molecule has 5 heteroatoms. The summed E-state index contributed by atoms with van der Waals surface area (Å²) in [5, 5.41) is 3.32. The molecule has 0 radical (unpaired) electrons. The SMILES string of the molecule is Cc1nc(N)nc(NC2CCCCC2)n1. The van der Waals surface area contributed by atoms with E-state index in [-0.39, 0.29) is 0 Å². The fourth-order valence-corrected chi connectivity index (χ4v) is 2.00. The third kappa shape index (κ3) is 2.78. The van der Waals surface area contributed by atoms with Gasteiger partial charge in [-0.15, -0.1) is 0 Å². The topological polar surface area (TPSA) is 76.7 Å². The Bertz CT molecular complexity index is 312. The molecule has 5 nitrogen and oxygen atoms in total. The maximum Gasteiger partial charge on any atom is 0.227 e. The third-order valence-electron chi connectivity index (χ3n) is 2.70. The van der Waals surface area contributed by atoms with Crippen molar-refractivity contribution in [2.24, 2.45) is 0 Å². The van der Waals surface area contributed by atoms with Crippen LogP contribution in [-0.2, 0) is 0 Å². The van der Waals surface area contributed by atoms with Gasteiger partial charge in [0.2, 0.25) is 11.9 Å². The van der Waals surface area contributed by atoms with E-state index in [9.17, 15) is 0 Å². The summed E-state index contributed by atoms with van der Waals surface area (Å²) in [6.07, 6.45) is 6.32. The normalized spacial score (nSPS) is 17.7. The highest BCUT2D eigenvalue weighted by Gasteiger charge is 2.14. The van der Waals surface area contributed by atoms with Gasteiger partial charge < -0.3 is 11.1 Å². The monoisotopic (exact) mass is 207 g/mol. The molecule has 1 aliphatic rings. The minimum atomic E-state index is 0.292. The van der Waals surface area contributed by atoms with Gasteiger partial charge in [-0.3, -0.25) is 0 Å². The first-order chi connectivity index (χ1) is 7.24. The number of nitrogen functional groups attached to an aromatic ring is 1. The Morgan fingerprint density at radius 3 is 2.53 bits per heavy atom. The van der Waals surface area contributed by atoms with Crippen LogP contribution >= 0.6 is 0 Å². The highest BCUT2D eigenvalue weighted by molar-refractivity contribution is 5.31. The smallest absolute Gasteiger partial charge is 0.227 e. The quantitative estimate of drug-likeness (QED) is 0.768. The predicted molar refractivity (Wildman–Crippen MR) is 59.5 cm³/mol. The first-order valence-electron chi connectivity index (χ1n) is 5.49. The van der Waals surface area contributed by atoms with Crippen LogP contribution in [0.3, 0.4) is 0 Å². The summed E-state index contributed by atoms with van der Waals surface area (Å²) in [7, 11) is 0. The third-order valence-corrected chi connectivity index (χ3v) is 2.70. The van der Waals surface area contributed by atoms with Gasteiger partial charge in [-0.05, 0) is 19.8 Å². The van der Waals surface area contributed by atoms with Crippen LogP contribution in [0.15, 0.2) is 0 Å². The number of nitrogens with one attached hydrogen (secondary N) is 1. The van der Waals surface area contributed by atoms with Gasteiger partial charge >= 0.3 is 0 Å². The molecule has 3 N–H and O–H groups in total. The number of nitrogens with zero attached hydrogens (tertiary/aromatic N) is 3. The van der Waals surface area contributed by atoms with E-state index >= 15 is 0 Å². The second kappa shape index (κ2) is 4.42. The predicted octanol–water partition coefficient (Wildman–Crippen LogP) is 1.51. The molecule has 0 atom stereocenters. The van der Waals surface area contributed by atoms with Gasteiger partial charge in [0, 0.05) is 6.04 Å². The second-order valence-electron chi connectivity index (χ2n) is 4.04. The fourth-order valence-electron chi connectivity index (χ4n) is 2.00. The van der Waals surface area contributed by atoms with Gasteiger partial charge in [0.15, 0.2) is 0 Å². The van der Waals surface area contributed by atoms with E-state index in [1.165, 1.54) is 32.1 Å². The van der Waals surface area contributed by atoms with Crippen molar-refractivity contribution in [1.29, 1.82) is 0 Å². The molecule has 1 saturated carbocycles. The van der Waals surface area contributed by atoms with Crippen molar-refractivity contribution >= 4 is 11.9 Å². The van der Waals surface area contributed by atoms with Crippen molar-refractivity contribution in [3.63, 3.8) is 0 Å². The van der Waals surface area contributed by atoms with Gasteiger partial charge in [-0.2, -0.15) is 15.0 Å². The van der Waals surface area contributed by atoms with Crippen molar-refractivity contribution in [3.8, 4) is 0 Å². The van der Waals surface area contributed by atoms with Gasteiger partial charge in [0.25, 0.3) is 0 Å². The number of nitrogens with two attached hydrogens (primary N) is 1. The van der Waals surface area contributed by atoms with Crippen LogP contribution in [0.25, 0.3) is 0 Å². The number of aromatic nitrogens is 3. The fraction of sp³-hybridized carbons (Fsp3) is 0.700. The first-order valence-corrected chi connectivity index (χ1v) is 5.49. The molecule has 1 aromatic rings. The van der Waals surface area contributed by atoms with Crippen molar-refractivity contribution in [3.05, 3.63) is 5.82 Å². The van der Waals surface area contributed by atoms with E-state index in [0.29, 0.717) is 23.8 Å². The Morgan fingerprint density at radius 2 is 1.87 bits per heavy atom. The zero-order chi connectivity index (χ0) is 10.7. The molecule has 0 amide bonds. The number of anilines is 2. The summed E-state index contributed by atoms with van der Waals surface area (Å²) in [5.41, 5.74) is 5.56. The summed E-state index contributed by atoms with van der Waals surface area (Å²) in [5.74, 6) is 1.58. The Hall–Kier alpha value is -1.39.